The van der Waals surface area contributed by atoms with Crippen LogP contribution >= 0.6 is 11.3 Å². The summed E-state index contributed by atoms with van der Waals surface area (Å²) >= 11 is 1.74. The van der Waals surface area contributed by atoms with E-state index in [-0.39, 0.29) is 36.0 Å². The second-order valence-electron chi connectivity index (χ2n) is 8.87. The smallest absolute Gasteiger partial charge is 0.209 e. The lowest BCUT2D eigenvalue weighted by Crippen LogP contribution is -2.38. The van der Waals surface area contributed by atoms with Crippen LogP contribution in [0.4, 0.5) is 0 Å². The molecule has 0 spiro atoms. The van der Waals surface area contributed by atoms with Gasteiger partial charge in [0.1, 0.15) is 24.2 Å². The van der Waals surface area contributed by atoms with Gasteiger partial charge < -0.3 is 18.9 Å². The molecule has 182 valence electrons. The van der Waals surface area contributed by atoms with Crippen molar-refractivity contribution < 1.29 is 18.9 Å². The zero-order valence-electron chi connectivity index (χ0n) is 20.9. The van der Waals surface area contributed by atoms with Crippen molar-refractivity contribution in [3.05, 3.63) is 21.9 Å². The third kappa shape index (κ3) is 5.75. The summed E-state index contributed by atoms with van der Waals surface area (Å²) < 4.78 is 22.3. The van der Waals surface area contributed by atoms with Gasteiger partial charge in [0.05, 0.1) is 28.4 Å². The standard InChI is InChI=1S/C24H36N4O4S/c1-13(2)19-23(31-7)25-17(21(27-19)29-5)11-15-9-10-16(33-15)12-18-22(30-6)28-20(14(3)4)24(26-18)32-8/h9-10,13-14,17-20H,11-12H2,1-8H3/t17-,18-,19+,20+/m0/s1. The Morgan fingerprint density at radius 1 is 0.636 bits per heavy atom. The second-order valence-corrected chi connectivity index (χ2v) is 10.1. The highest BCUT2D eigenvalue weighted by atomic mass is 32.1. The van der Waals surface area contributed by atoms with Crippen LogP contribution in [0.5, 0.6) is 0 Å². The molecule has 0 aromatic carbocycles. The Kier molecular flexibility index (Phi) is 8.51. The Balaban J connectivity index is 1.75. The van der Waals surface area contributed by atoms with Gasteiger partial charge in [0.2, 0.25) is 23.6 Å². The minimum absolute atomic E-state index is 0.111. The molecule has 3 heterocycles. The average Bonchev–Trinajstić information content (AvgIpc) is 3.24. The van der Waals surface area contributed by atoms with Crippen molar-refractivity contribution in [1.29, 1.82) is 0 Å². The lowest BCUT2D eigenvalue weighted by molar-refractivity contribution is 0.333. The molecule has 2 aliphatic rings. The lowest BCUT2D eigenvalue weighted by atomic mass is 10.0. The van der Waals surface area contributed by atoms with E-state index in [1.165, 1.54) is 9.75 Å². The first-order chi connectivity index (χ1) is 15.8. The number of hydrogen-bond donors (Lipinski definition) is 0. The molecule has 1 aromatic rings. The number of thiophene rings is 1. The number of aliphatic imine (C=N–C) groups is 4. The van der Waals surface area contributed by atoms with Crippen molar-refractivity contribution in [2.45, 2.75) is 64.7 Å². The van der Waals surface area contributed by atoms with E-state index in [0.717, 1.165) is 0 Å². The van der Waals surface area contributed by atoms with Crippen LogP contribution in [-0.4, -0.2) is 76.2 Å². The largest absolute Gasteiger partial charge is 0.483 e. The zero-order chi connectivity index (χ0) is 24.1. The number of methoxy groups -OCH3 is 4. The zero-order valence-corrected chi connectivity index (χ0v) is 21.7. The van der Waals surface area contributed by atoms with Gasteiger partial charge in [-0.2, -0.15) is 0 Å². The average molecular weight is 477 g/mol. The van der Waals surface area contributed by atoms with Gasteiger partial charge in [0, 0.05) is 22.6 Å². The molecule has 0 saturated carbocycles. The normalized spacial score (nSPS) is 25.3. The van der Waals surface area contributed by atoms with Gasteiger partial charge in [0.15, 0.2) is 0 Å². The molecule has 33 heavy (non-hydrogen) atoms. The molecule has 0 unspecified atom stereocenters. The molecule has 8 nitrogen and oxygen atoms in total. The molecular formula is C24H36N4O4S. The maximum absolute atomic E-state index is 5.59. The van der Waals surface area contributed by atoms with Crippen molar-refractivity contribution >= 4 is 34.9 Å². The van der Waals surface area contributed by atoms with Crippen LogP contribution in [0.15, 0.2) is 32.1 Å². The van der Waals surface area contributed by atoms with Gasteiger partial charge in [0.25, 0.3) is 0 Å². The maximum Gasteiger partial charge on any atom is 0.209 e. The summed E-state index contributed by atoms with van der Waals surface area (Å²) in [5, 5.41) is 0. The Bertz CT molecular complexity index is 862. The van der Waals surface area contributed by atoms with Crippen molar-refractivity contribution in [2.24, 2.45) is 31.8 Å². The first kappa shape index (κ1) is 25.2. The summed E-state index contributed by atoms with van der Waals surface area (Å²) in [5.41, 5.74) is 0. The number of hydrogen-bond acceptors (Lipinski definition) is 9. The minimum Gasteiger partial charge on any atom is -0.483 e. The van der Waals surface area contributed by atoms with Gasteiger partial charge in [-0.15, -0.1) is 11.3 Å². The fourth-order valence-electron chi connectivity index (χ4n) is 4.01. The van der Waals surface area contributed by atoms with Crippen molar-refractivity contribution in [3.8, 4) is 0 Å². The fourth-order valence-corrected chi connectivity index (χ4v) is 5.10. The molecule has 0 fully saturated rings. The highest BCUT2D eigenvalue weighted by molar-refractivity contribution is 7.12. The summed E-state index contributed by atoms with van der Waals surface area (Å²) in [5.74, 6) is 3.19. The molecular weight excluding hydrogens is 440 g/mol. The van der Waals surface area contributed by atoms with Crippen LogP contribution in [-0.2, 0) is 31.8 Å². The van der Waals surface area contributed by atoms with E-state index in [1.807, 2.05) is 0 Å². The quantitative estimate of drug-likeness (QED) is 0.624. The van der Waals surface area contributed by atoms with Gasteiger partial charge in [-0.05, 0) is 24.0 Å². The lowest BCUT2D eigenvalue weighted by Gasteiger charge is -2.27. The molecule has 9 heteroatoms. The number of ether oxygens (including phenoxy) is 4. The maximum atomic E-state index is 5.59. The molecule has 0 amide bonds. The van der Waals surface area contributed by atoms with Crippen LogP contribution < -0.4 is 0 Å². The molecule has 3 rings (SSSR count). The van der Waals surface area contributed by atoms with Crippen molar-refractivity contribution in [2.75, 3.05) is 28.4 Å². The van der Waals surface area contributed by atoms with Gasteiger partial charge in [-0.3, -0.25) is 0 Å². The van der Waals surface area contributed by atoms with Gasteiger partial charge in [-0.1, -0.05) is 27.7 Å². The van der Waals surface area contributed by atoms with Gasteiger partial charge >= 0.3 is 0 Å². The van der Waals surface area contributed by atoms with Gasteiger partial charge in [-0.25, -0.2) is 20.0 Å². The summed E-state index contributed by atoms with van der Waals surface area (Å²) in [4.78, 5) is 21.6. The first-order valence-electron chi connectivity index (χ1n) is 11.4. The predicted molar refractivity (Wildman–Crippen MR) is 134 cm³/mol. The Morgan fingerprint density at radius 3 is 1.30 bits per heavy atom. The van der Waals surface area contributed by atoms with E-state index >= 15 is 0 Å². The van der Waals surface area contributed by atoms with Crippen molar-refractivity contribution in [3.63, 3.8) is 0 Å². The van der Waals surface area contributed by atoms with Crippen LogP contribution in [0.3, 0.4) is 0 Å². The van der Waals surface area contributed by atoms with Crippen molar-refractivity contribution in [1.82, 2.24) is 0 Å². The molecule has 0 N–H and O–H groups in total. The molecule has 0 saturated heterocycles. The van der Waals surface area contributed by atoms with E-state index < -0.39 is 0 Å². The first-order valence-corrected chi connectivity index (χ1v) is 12.2. The third-order valence-electron chi connectivity index (χ3n) is 5.78. The highest BCUT2D eigenvalue weighted by Crippen LogP contribution is 2.26. The SMILES string of the molecule is COC1=N[C@H](C(C)C)C(OC)=N[C@H]1Cc1ccc(C[C@@H]2N=C(OC)[C@@H](C(C)C)N=C2OC)s1. The summed E-state index contributed by atoms with van der Waals surface area (Å²) in [6.45, 7) is 8.41. The predicted octanol–water partition coefficient (Wildman–Crippen LogP) is 3.83. The molecule has 0 bridgehead atoms. The number of nitrogens with zero attached hydrogens (tertiary/aromatic N) is 4. The highest BCUT2D eigenvalue weighted by Gasteiger charge is 2.33. The number of rotatable bonds is 6. The van der Waals surface area contributed by atoms with Crippen LogP contribution in [0, 0.1) is 11.8 Å². The monoisotopic (exact) mass is 476 g/mol. The van der Waals surface area contributed by atoms with E-state index in [1.54, 1.807) is 39.8 Å². The van der Waals surface area contributed by atoms with Crippen LogP contribution in [0.25, 0.3) is 0 Å². The van der Waals surface area contributed by atoms with E-state index in [0.29, 0.717) is 36.4 Å². The topological polar surface area (TPSA) is 86.4 Å². The molecule has 1 aromatic heterocycles. The van der Waals surface area contributed by atoms with Crippen LogP contribution in [0.1, 0.15) is 37.4 Å². The summed E-state index contributed by atoms with van der Waals surface area (Å²) in [6, 6.07) is 3.66. The van der Waals surface area contributed by atoms with E-state index in [2.05, 4.69) is 39.8 Å². The second kappa shape index (κ2) is 11.1. The fraction of sp³-hybridized carbons (Fsp3) is 0.667. The molecule has 0 aliphatic carbocycles. The third-order valence-corrected chi connectivity index (χ3v) is 6.91. The Morgan fingerprint density at radius 2 is 1.00 bits per heavy atom. The summed E-state index contributed by atoms with van der Waals surface area (Å²) in [6.07, 6.45) is 1.40. The molecule has 0 radical (unpaired) electrons. The van der Waals surface area contributed by atoms with Crippen LogP contribution in [0.2, 0.25) is 0 Å². The molecule has 4 atom stereocenters. The Hall–Kier alpha value is -2.42. The van der Waals surface area contributed by atoms with E-state index in [4.69, 9.17) is 38.9 Å². The Labute approximate surface area is 200 Å². The van der Waals surface area contributed by atoms with E-state index in [9.17, 15) is 0 Å². The summed E-state index contributed by atoms with van der Waals surface area (Å²) in [7, 11) is 6.61. The molecule has 2 aliphatic heterocycles. The minimum atomic E-state index is -0.192.